The number of nitrogens with zero attached hydrogens (tertiary/aromatic N) is 4. The zero-order valence-corrected chi connectivity index (χ0v) is 23.0. The smallest absolute Gasteiger partial charge is 0.335 e. The van der Waals surface area contributed by atoms with E-state index in [1.165, 1.54) is 18.2 Å². The maximum absolute atomic E-state index is 13.2. The highest BCUT2D eigenvalue weighted by molar-refractivity contribution is 6.32. The molecule has 10 heteroatoms. The van der Waals surface area contributed by atoms with Crippen LogP contribution in [0.15, 0.2) is 54.7 Å². The fourth-order valence-corrected chi connectivity index (χ4v) is 4.67. The number of benzene rings is 2. The Morgan fingerprint density at radius 1 is 1.13 bits per heavy atom. The van der Waals surface area contributed by atoms with Crippen molar-refractivity contribution >= 4 is 28.6 Å². The third kappa shape index (κ3) is 7.04. The lowest BCUT2D eigenvalue weighted by atomic mass is 10.1. The summed E-state index contributed by atoms with van der Waals surface area (Å²) in [4.78, 5) is 22.7. The van der Waals surface area contributed by atoms with Crippen molar-refractivity contribution in [1.82, 2.24) is 19.4 Å². The lowest BCUT2D eigenvalue weighted by molar-refractivity contribution is 0.0697. The third-order valence-corrected chi connectivity index (χ3v) is 6.78. The van der Waals surface area contributed by atoms with Crippen molar-refractivity contribution in [2.75, 3.05) is 13.1 Å². The van der Waals surface area contributed by atoms with Crippen LogP contribution in [-0.2, 0) is 20.2 Å². The summed E-state index contributed by atoms with van der Waals surface area (Å²) in [5.74, 6) is 0.655. The Morgan fingerprint density at radius 3 is 2.62 bits per heavy atom. The second kappa shape index (κ2) is 12.9. The Kier molecular flexibility index (Phi) is 9.37. The molecule has 2 aromatic carbocycles. The normalized spacial score (nSPS) is 14.1. The Labute approximate surface area is 232 Å². The molecule has 3 heterocycles. The molecular formula is C29H32ClFN4O4. The second-order valence-electron chi connectivity index (χ2n) is 9.04. The molecule has 39 heavy (non-hydrogen) atoms. The minimum absolute atomic E-state index is 0.0810. The van der Waals surface area contributed by atoms with E-state index in [1.54, 1.807) is 24.4 Å². The zero-order valence-electron chi connectivity index (χ0n) is 22.2. The fourth-order valence-electron chi connectivity index (χ4n) is 4.44. The van der Waals surface area contributed by atoms with Gasteiger partial charge < -0.3 is 19.1 Å². The molecule has 2 aromatic heterocycles. The number of ether oxygens (including phenoxy) is 2. The van der Waals surface area contributed by atoms with E-state index >= 15 is 0 Å². The predicted molar refractivity (Wildman–Crippen MR) is 148 cm³/mol. The molecule has 1 aliphatic rings. The number of rotatable bonds is 8. The van der Waals surface area contributed by atoms with Crippen LogP contribution in [0.3, 0.4) is 0 Å². The minimum atomic E-state index is -0.946. The van der Waals surface area contributed by atoms with Crippen LogP contribution in [0.5, 0.6) is 11.5 Å². The number of fused-ring (bicyclic) bond motifs is 1. The first kappa shape index (κ1) is 28.3. The van der Waals surface area contributed by atoms with Crippen molar-refractivity contribution in [3.8, 4) is 11.5 Å². The van der Waals surface area contributed by atoms with Gasteiger partial charge in [-0.25, -0.2) is 14.2 Å². The number of carboxylic acids is 1. The van der Waals surface area contributed by atoms with Gasteiger partial charge in [0, 0.05) is 32.4 Å². The summed E-state index contributed by atoms with van der Waals surface area (Å²) in [7, 11) is 1.92. The largest absolute Gasteiger partial charge is 0.490 e. The van der Waals surface area contributed by atoms with E-state index < -0.39 is 11.8 Å². The van der Waals surface area contributed by atoms with Gasteiger partial charge in [-0.05, 0) is 55.3 Å². The average molecular weight is 555 g/mol. The maximum atomic E-state index is 13.2. The fraction of sp³-hybridized carbons (Fsp3) is 0.345. The number of likely N-dealkylation sites (tertiary alicyclic amines) is 1. The number of hydrogen-bond donors (Lipinski definition) is 1. The van der Waals surface area contributed by atoms with E-state index in [9.17, 15) is 14.3 Å². The number of carboxylic acid groups (broad SMARTS) is 1. The Hall–Kier alpha value is -3.69. The van der Waals surface area contributed by atoms with E-state index in [0.29, 0.717) is 18.0 Å². The van der Waals surface area contributed by atoms with Gasteiger partial charge in [-0.15, -0.1) is 0 Å². The summed E-state index contributed by atoms with van der Waals surface area (Å²) in [6, 6.07) is 12.7. The highest BCUT2D eigenvalue weighted by Gasteiger charge is 2.22. The first-order chi connectivity index (χ1) is 18.9. The summed E-state index contributed by atoms with van der Waals surface area (Å²) in [5, 5.41) is 9.48. The first-order valence-corrected chi connectivity index (χ1v) is 13.3. The van der Waals surface area contributed by atoms with Crippen LogP contribution >= 0.6 is 11.6 Å². The molecule has 0 radical (unpaired) electrons. The topological polar surface area (TPSA) is 89.7 Å². The van der Waals surface area contributed by atoms with Crippen LogP contribution in [0.2, 0.25) is 5.02 Å². The number of hydrogen-bond acceptors (Lipinski definition) is 6. The van der Waals surface area contributed by atoms with Crippen molar-refractivity contribution in [3.63, 3.8) is 0 Å². The molecule has 1 saturated heterocycles. The number of carbonyl (C=O) groups is 1. The van der Waals surface area contributed by atoms with E-state index in [0.717, 1.165) is 48.5 Å². The van der Waals surface area contributed by atoms with Crippen LogP contribution < -0.4 is 9.47 Å². The molecule has 4 aromatic rings. The number of aromatic nitrogens is 3. The lowest BCUT2D eigenvalue weighted by Gasteiger charge is -2.31. The van der Waals surface area contributed by atoms with Crippen LogP contribution in [-0.4, -0.2) is 49.7 Å². The number of piperidine rings is 1. The van der Waals surface area contributed by atoms with Crippen molar-refractivity contribution in [3.05, 3.63) is 82.6 Å². The molecule has 0 spiro atoms. The minimum Gasteiger partial charge on any atom is -0.490 e. The number of pyridine rings is 1. The van der Waals surface area contributed by atoms with E-state index in [2.05, 4.69) is 9.88 Å². The van der Waals surface area contributed by atoms with Gasteiger partial charge in [0.25, 0.3) is 0 Å². The predicted octanol–water partition coefficient (Wildman–Crippen LogP) is 6.11. The molecule has 0 aliphatic carbocycles. The Bertz CT molecular complexity index is 1440. The van der Waals surface area contributed by atoms with Gasteiger partial charge in [-0.2, -0.15) is 0 Å². The molecule has 1 fully saturated rings. The third-order valence-electron chi connectivity index (χ3n) is 6.48. The Morgan fingerprint density at radius 2 is 1.90 bits per heavy atom. The summed E-state index contributed by atoms with van der Waals surface area (Å²) >= 11 is 6.02. The van der Waals surface area contributed by atoms with Gasteiger partial charge in [0.2, 0.25) is 0 Å². The molecule has 8 nitrogen and oxygen atoms in total. The molecule has 0 bridgehead atoms. The second-order valence-corrected chi connectivity index (χ2v) is 9.44. The summed E-state index contributed by atoms with van der Waals surface area (Å²) in [6.45, 7) is 6.59. The molecule has 1 N–H and O–H groups in total. The summed E-state index contributed by atoms with van der Waals surface area (Å²) in [5.41, 5.74) is 2.54. The highest BCUT2D eigenvalue weighted by Crippen LogP contribution is 2.26. The van der Waals surface area contributed by atoms with E-state index in [4.69, 9.17) is 26.1 Å². The van der Waals surface area contributed by atoms with Gasteiger partial charge in [-0.3, -0.25) is 9.88 Å². The van der Waals surface area contributed by atoms with Crippen LogP contribution in [0.1, 0.15) is 48.6 Å². The van der Waals surface area contributed by atoms with Gasteiger partial charge in [-0.1, -0.05) is 25.4 Å². The van der Waals surface area contributed by atoms with Crippen molar-refractivity contribution in [2.24, 2.45) is 7.05 Å². The molecule has 0 atom stereocenters. The SMILES string of the molecule is CC.Cn1c(CN2CCC(Oc3ccnc(COc4ccc(F)cc4Cl)c3)CC2)nc2ccc(C(=O)O)cc21. The van der Waals surface area contributed by atoms with E-state index in [1.807, 2.05) is 37.6 Å². The van der Waals surface area contributed by atoms with Gasteiger partial charge in [0.15, 0.2) is 0 Å². The monoisotopic (exact) mass is 554 g/mol. The number of aromatic carboxylic acids is 1. The van der Waals surface area contributed by atoms with Crippen molar-refractivity contribution in [1.29, 1.82) is 0 Å². The van der Waals surface area contributed by atoms with Crippen LogP contribution in [0, 0.1) is 5.82 Å². The zero-order chi connectivity index (χ0) is 27.9. The van der Waals surface area contributed by atoms with Crippen molar-refractivity contribution < 1.29 is 23.8 Å². The summed E-state index contributed by atoms with van der Waals surface area (Å²) < 4.78 is 27.1. The average Bonchev–Trinajstić information content (AvgIpc) is 3.25. The standard InChI is InChI=1S/C27H26ClFN4O4.C2H6/c1-32-24-12-17(27(34)35)2-4-23(24)31-26(32)15-33-10-7-20(8-11-33)37-21-6-9-30-19(14-21)16-36-25-5-3-18(29)13-22(25)28;1-2/h2-6,9,12-14,20H,7-8,10-11,15-16H2,1H3,(H,34,35);1-2H3. The highest BCUT2D eigenvalue weighted by atomic mass is 35.5. The van der Waals surface area contributed by atoms with Crippen molar-refractivity contribution in [2.45, 2.75) is 45.9 Å². The van der Waals surface area contributed by atoms with Gasteiger partial charge in [0.1, 0.15) is 35.9 Å². The lowest BCUT2D eigenvalue weighted by Crippen LogP contribution is -2.38. The Balaban J connectivity index is 0.00000172. The quantitative estimate of drug-likeness (QED) is 0.281. The molecule has 206 valence electrons. The van der Waals surface area contributed by atoms with Crippen LogP contribution in [0.25, 0.3) is 11.0 Å². The summed E-state index contributed by atoms with van der Waals surface area (Å²) in [6.07, 6.45) is 3.49. The number of imidazole rings is 1. The van der Waals surface area contributed by atoms with Gasteiger partial charge in [0.05, 0.1) is 33.9 Å². The maximum Gasteiger partial charge on any atom is 0.335 e. The molecular weight excluding hydrogens is 523 g/mol. The number of halogens is 2. The number of aryl methyl sites for hydroxylation is 1. The molecule has 0 saturated carbocycles. The first-order valence-electron chi connectivity index (χ1n) is 13.0. The van der Waals surface area contributed by atoms with Crippen LogP contribution in [0.4, 0.5) is 4.39 Å². The molecule has 1 aliphatic heterocycles. The molecule has 5 rings (SSSR count). The van der Waals surface area contributed by atoms with Gasteiger partial charge >= 0.3 is 5.97 Å². The molecule has 0 unspecified atom stereocenters. The van der Waals surface area contributed by atoms with E-state index in [-0.39, 0.29) is 23.3 Å². The molecule has 0 amide bonds.